The molecule has 0 heterocycles. The van der Waals surface area contributed by atoms with Crippen molar-refractivity contribution >= 4 is 0 Å². The molecule has 0 amide bonds. The largest absolute Gasteiger partial charge is 0.573 e. The number of nitrogens with two attached hydrogens (primary N) is 1. The van der Waals surface area contributed by atoms with Crippen LogP contribution in [0.15, 0.2) is 24.3 Å². The van der Waals surface area contributed by atoms with Gasteiger partial charge in [-0.1, -0.05) is 12.1 Å². The van der Waals surface area contributed by atoms with Crippen LogP contribution in [0, 0.1) is 0 Å². The van der Waals surface area contributed by atoms with Crippen LogP contribution < -0.4 is 10.5 Å². The zero-order chi connectivity index (χ0) is 15.5. The van der Waals surface area contributed by atoms with Crippen molar-refractivity contribution in [3.63, 3.8) is 0 Å². The lowest BCUT2D eigenvalue weighted by atomic mass is 9.91. The molecule has 3 nitrogen and oxygen atoms in total. The van der Waals surface area contributed by atoms with Gasteiger partial charge in [0.05, 0.1) is 0 Å². The van der Waals surface area contributed by atoms with Crippen molar-refractivity contribution in [3.8, 4) is 5.75 Å². The number of benzene rings is 1. The molecule has 0 spiro atoms. The number of rotatable bonds is 4. The fraction of sp³-hybridized carbons (Fsp3) is 0.600. The van der Waals surface area contributed by atoms with Crippen LogP contribution >= 0.6 is 0 Å². The summed E-state index contributed by atoms with van der Waals surface area (Å²) in [6.45, 7) is 0.714. The molecule has 0 saturated heterocycles. The summed E-state index contributed by atoms with van der Waals surface area (Å²) in [6.07, 6.45) is -0.417. The first-order chi connectivity index (χ1) is 9.83. The Morgan fingerprint density at radius 3 is 2.24 bits per heavy atom. The Hall–Kier alpha value is -1.27. The summed E-state index contributed by atoms with van der Waals surface area (Å²) < 4.78 is 40.1. The first-order valence-electron chi connectivity index (χ1n) is 7.14. The lowest BCUT2D eigenvalue weighted by Crippen LogP contribution is -2.38. The van der Waals surface area contributed by atoms with Gasteiger partial charge in [0.1, 0.15) is 5.75 Å². The minimum atomic E-state index is -4.64. The third-order valence-electron chi connectivity index (χ3n) is 3.95. The predicted octanol–water partition coefficient (Wildman–Crippen LogP) is 3.29. The van der Waals surface area contributed by atoms with Gasteiger partial charge in [0, 0.05) is 18.6 Å². The van der Waals surface area contributed by atoms with Gasteiger partial charge in [-0.05, 0) is 50.4 Å². The monoisotopic (exact) mass is 302 g/mol. The number of alkyl halides is 3. The quantitative estimate of drug-likeness (QED) is 0.927. The van der Waals surface area contributed by atoms with E-state index >= 15 is 0 Å². The zero-order valence-electron chi connectivity index (χ0n) is 12.1. The Morgan fingerprint density at radius 1 is 1.14 bits per heavy atom. The van der Waals surface area contributed by atoms with E-state index < -0.39 is 6.36 Å². The molecule has 0 unspecified atom stereocenters. The van der Waals surface area contributed by atoms with E-state index in [2.05, 4.69) is 9.64 Å². The lowest BCUT2D eigenvalue weighted by Gasteiger charge is -2.33. The highest BCUT2D eigenvalue weighted by molar-refractivity contribution is 5.27. The molecule has 1 aromatic rings. The summed E-state index contributed by atoms with van der Waals surface area (Å²) in [6, 6.07) is 6.86. The van der Waals surface area contributed by atoms with E-state index in [0.717, 1.165) is 31.2 Å². The highest BCUT2D eigenvalue weighted by Crippen LogP contribution is 2.25. The lowest BCUT2D eigenvalue weighted by molar-refractivity contribution is -0.274. The van der Waals surface area contributed by atoms with Gasteiger partial charge in [-0.15, -0.1) is 13.2 Å². The maximum absolute atomic E-state index is 12.1. The van der Waals surface area contributed by atoms with Crippen molar-refractivity contribution in [2.24, 2.45) is 5.73 Å². The third-order valence-corrected chi connectivity index (χ3v) is 3.95. The fourth-order valence-electron chi connectivity index (χ4n) is 2.76. The summed E-state index contributed by atoms with van der Waals surface area (Å²) in [5, 5.41) is 0. The van der Waals surface area contributed by atoms with Crippen LogP contribution in [0.1, 0.15) is 31.2 Å². The highest BCUT2D eigenvalue weighted by Gasteiger charge is 2.31. The Kier molecular flexibility index (Phi) is 5.11. The van der Waals surface area contributed by atoms with Gasteiger partial charge in [-0.25, -0.2) is 0 Å². The maximum atomic E-state index is 12.1. The van der Waals surface area contributed by atoms with Gasteiger partial charge >= 0.3 is 6.36 Å². The molecule has 118 valence electrons. The van der Waals surface area contributed by atoms with E-state index in [0.29, 0.717) is 18.6 Å². The van der Waals surface area contributed by atoms with Gasteiger partial charge in [-0.2, -0.15) is 0 Å². The van der Waals surface area contributed by atoms with Gasteiger partial charge in [0.2, 0.25) is 0 Å². The second-order valence-corrected chi connectivity index (χ2v) is 5.68. The SMILES string of the molecule is CN(Cc1ccc(OC(F)(F)F)cc1)C1CCC(N)CC1. The fourth-order valence-corrected chi connectivity index (χ4v) is 2.76. The number of nitrogens with zero attached hydrogens (tertiary/aromatic N) is 1. The van der Waals surface area contributed by atoms with Crippen LogP contribution in [0.3, 0.4) is 0 Å². The maximum Gasteiger partial charge on any atom is 0.573 e. The first-order valence-corrected chi connectivity index (χ1v) is 7.14. The van der Waals surface area contributed by atoms with Crippen molar-refractivity contribution in [2.45, 2.75) is 50.7 Å². The minimum absolute atomic E-state index is 0.183. The molecule has 0 bridgehead atoms. The Labute approximate surface area is 122 Å². The molecule has 6 heteroatoms. The molecule has 1 aromatic carbocycles. The number of ether oxygens (including phenoxy) is 1. The second kappa shape index (κ2) is 6.66. The van der Waals surface area contributed by atoms with Gasteiger partial charge in [0.25, 0.3) is 0 Å². The summed E-state index contributed by atoms with van der Waals surface area (Å²) in [5.41, 5.74) is 6.87. The third kappa shape index (κ3) is 5.21. The van der Waals surface area contributed by atoms with Crippen LogP contribution in [0.25, 0.3) is 0 Å². The normalized spacial score (nSPS) is 23.3. The van der Waals surface area contributed by atoms with Crippen molar-refractivity contribution in [2.75, 3.05) is 7.05 Å². The van der Waals surface area contributed by atoms with Crippen molar-refractivity contribution < 1.29 is 17.9 Å². The molecule has 0 aliphatic heterocycles. The van der Waals surface area contributed by atoms with E-state index in [1.165, 1.54) is 12.1 Å². The highest BCUT2D eigenvalue weighted by atomic mass is 19.4. The minimum Gasteiger partial charge on any atom is -0.406 e. The molecule has 1 fully saturated rings. The molecule has 0 aromatic heterocycles. The van der Waals surface area contributed by atoms with E-state index in [9.17, 15) is 13.2 Å². The van der Waals surface area contributed by atoms with Crippen LogP contribution in [-0.4, -0.2) is 30.4 Å². The van der Waals surface area contributed by atoms with E-state index in [1.807, 2.05) is 7.05 Å². The molecule has 1 aliphatic rings. The van der Waals surface area contributed by atoms with Crippen LogP contribution in [0.5, 0.6) is 5.75 Å². The first kappa shape index (κ1) is 16.1. The van der Waals surface area contributed by atoms with Crippen molar-refractivity contribution in [1.82, 2.24) is 4.90 Å². The van der Waals surface area contributed by atoms with Crippen LogP contribution in [0.4, 0.5) is 13.2 Å². The molecule has 2 rings (SSSR count). The van der Waals surface area contributed by atoms with Gasteiger partial charge < -0.3 is 10.5 Å². The summed E-state index contributed by atoms with van der Waals surface area (Å²) in [7, 11) is 2.04. The molecule has 2 N–H and O–H groups in total. The van der Waals surface area contributed by atoms with E-state index in [1.54, 1.807) is 12.1 Å². The van der Waals surface area contributed by atoms with Gasteiger partial charge in [-0.3, -0.25) is 4.90 Å². The van der Waals surface area contributed by atoms with Crippen LogP contribution in [0.2, 0.25) is 0 Å². The average molecular weight is 302 g/mol. The van der Waals surface area contributed by atoms with Gasteiger partial charge in [0.15, 0.2) is 0 Å². The Balaban J connectivity index is 1.88. The summed E-state index contributed by atoms with van der Waals surface area (Å²) >= 11 is 0. The topological polar surface area (TPSA) is 38.5 Å². The molecule has 0 atom stereocenters. The van der Waals surface area contributed by atoms with Crippen molar-refractivity contribution in [3.05, 3.63) is 29.8 Å². The zero-order valence-corrected chi connectivity index (χ0v) is 12.1. The molecule has 1 aliphatic carbocycles. The Bertz CT molecular complexity index is 439. The molecular weight excluding hydrogens is 281 g/mol. The second-order valence-electron chi connectivity index (χ2n) is 5.68. The average Bonchev–Trinajstić information content (AvgIpc) is 2.40. The molecule has 0 radical (unpaired) electrons. The van der Waals surface area contributed by atoms with Crippen LogP contribution in [-0.2, 0) is 6.54 Å². The summed E-state index contributed by atoms with van der Waals surface area (Å²) in [5.74, 6) is -0.183. The number of hydrogen-bond acceptors (Lipinski definition) is 3. The Morgan fingerprint density at radius 2 is 1.71 bits per heavy atom. The summed E-state index contributed by atoms with van der Waals surface area (Å²) in [4.78, 5) is 2.24. The standard InChI is InChI=1S/C15H21F3N2O/c1-20(13-6-4-12(19)5-7-13)10-11-2-8-14(9-3-11)21-15(16,17)18/h2-3,8-9,12-13H,4-7,10,19H2,1H3. The molecule has 1 saturated carbocycles. The molecular formula is C15H21F3N2O. The number of hydrogen-bond donors (Lipinski definition) is 1. The van der Waals surface area contributed by atoms with Crippen molar-refractivity contribution in [1.29, 1.82) is 0 Å². The number of halogens is 3. The molecule has 21 heavy (non-hydrogen) atoms. The van der Waals surface area contributed by atoms with E-state index in [-0.39, 0.29) is 5.75 Å². The predicted molar refractivity (Wildman–Crippen MR) is 74.8 cm³/mol. The van der Waals surface area contributed by atoms with E-state index in [4.69, 9.17) is 5.73 Å². The smallest absolute Gasteiger partial charge is 0.406 e.